The molecule has 8 heteroatoms. The number of benzene rings is 2. The third-order valence-electron chi connectivity index (χ3n) is 6.00. The van der Waals surface area contributed by atoms with Gasteiger partial charge in [-0.15, -0.1) is 0 Å². The zero-order valence-electron chi connectivity index (χ0n) is 17.5. The Kier molecular flexibility index (Phi) is 6.11. The summed E-state index contributed by atoms with van der Waals surface area (Å²) < 4.78 is 28.0. The van der Waals surface area contributed by atoms with Gasteiger partial charge in [0, 0.05) is 37.8 Å². The molecule has 2 aromatic carbocycles. The smallest absolute Gasteiger partial charge is 0.240 e. The number of nitrogens with zero attached hydrogens (tertiary/aromatic N) is 2. The number of likely N-dealkylation sites (tertiary alicyclic amines) is 1. The number of sulfonamides is 1. The fourth-order valence-corrected chi connectivity index (χ4v) is 5.52. The van der Waals surface area contributed by atoms with Gasteiger partial charge in [-0.25, -0.2) is 13.1 Å². The van der Waals surface area contributed by atoms with E-state index in [0.717, 1.165) is 11.3 Å². The molecule has 2 aromatic rings. The average Bonchev–Trinajstić information content (AvgIpc) is 3.16. The van der Waals surface area contributed by atoms with E-state index in [-0.39, 0.29) is 35.1 Å². The Labute approximate surface area is 183 Å². The summed E-state index contributed by atoms with van der Waals surface area (Å²) in [6, 6.07) is 15.9. The zero-order valence-corrected chi connectivity index (χ0v) is 18.3. The summed E-state index contributed by atoms with van der Waals surface area (Å²) in [5.74, 6) is -0.412. The van der Waals surface area contributed by atoms with Crippen molar-refractivity contribution in [2.24, 2.45) is 5.92 Å². The first-order valence-corrected chi connectivity index (χ1v) is 12.0. The maximum atomic E-state index is 13.0. The quantitative estimate of drug-likeness (QED) is 0.772. The lowest BCUT2D eigenvalue weighted by atomic mass is 10.0. The number of carbonyl (C=O) groups excluding carboxylic acids is 2. The summed E-state index contributed by atoms with van der Waals surface area (Å²) in [4.78, 5) is 29.1. The van der Waals surface area contributed by atoms with E-state index in [9.17, 15) is 18.0 Å². The van der Waals surface area contributed by atoms with Crippen LogP contribution in [0.2, 0.25) is 0 Å². The molecule has 31 heavy (non-hydrogen) atoms. The molecular weight excluding hydrogens is 414 g/mol. The molecule has 0 saturated carbocycles. The summed E-state index contributed by atoms with van der Waals surface area (Å²) in [7, 11) is -3.58. The molecule has 0 bridgehead atoms. The normalized spacial score (nSPS) is 20.3. The Morgan fingerprint density at radius 1 is 1.00 bits per heavy atom. The standard InChI is InChI=1S/C23H27N3O4S/c1-17-7-9-21(10-8-17)31(29,30)24-19-11-13-25(14-12-19)23(28)18-15-22(27)26(16-18)20-5-3-2-4-6-20/h2-10,18-19,24H,11-16H2,1H3/t18-/m1/s1. The van der Waals surface area contributed by atoms with Crippen molar-refractivity contribution in [3.63, 3.8) is 0 Å². The Balaban J connectivity index is 1.32. The van der Waals surface area contributed by atoms with Crippen LogP contribution in [0.15, 0.2) is 59.5 Å². The van der Waals surface area contributed by atoms with Crippen molar-refractivity contribution < 1.29 is 18.0 Å². The van der Waals surface area contributed by atoms with E-state index in [1.165, 1.54) is 0 Å². The molecule has 0 spiro atoms. The summed E-state index contributed by atoms with van der Waals surface area (Å²) >= 11 is 0. The number of amides is 2. The lowest BCUT2D eigenvalue weighted by Gasteiger charge is -2.33. The Bertz CT molecular complexity index is 1050. The van der Waals surface area contributed by atoms with Crippen LogP contribution in [0.25, 0.3) is 0 Å². The number of para-hydroxylation sites is 1. The van der Waals surface area contributed by atoms with Crippen LogP contribution in [0.1, 0.15) is 24.8 Å². The Morgan fingerprint density at radius 2 is 1.65 bits per heavy atom. The Morgan fingerprint density at radius 3 is 2.29 bits per heavy atom. The average molecular weight is 442 g/mol. The number of piperidine rings is 1. The van der Waals surface area contributed by atoms with Gasteiger partial charge < -0.3 is 9.80 Å². The topological polar surface area (TPSA) is 86.8 Å². The van der Waals surface area contributed by atoms with Gasteiger partial charge in [-0.05, 0) is 44.0 Å². The third kappa shape index (κ3) is 4.80. The minimum atomic E-state index is -3.58. The number of anilines is 1. The summed E-state index contributed by atoms with van der Waals surface area (Å²) in [6.45, 7) is 3.26. The minimum Gasteiger partial charge on any atom is -0.342 e. The fraction of sp³-hybridized carbons (Fsp3) is 0.391. The van der Waals surface area contributed by atoms with Crippen molar-refractivity contribution in [2.45, 2.75) is 37.1 Å². The minimum absolute atomic E-state index is 0.0216. The SMILES string of the molecule is Cc1ccc(S(=O)(=O)NC2CCN(C(=O)[C@@H]3CC(=O)N(c4ccccc4)C3)CC2)cc1. The van der Waals surface area contributed by atoms with E-state index in [0.29, 0.717) is 32.5 Å². The van der Waals surface area contributed by atoms with Crippen LogP contribution >= 0.6 is 0 Å². The van der Waals surface area contributed by atoms with Crippen LogP contribution in [0.4, 0.5) is 5.69 Å². The van der Waals surface area contributed by atoms with Crippen LogP contribution in [0, 0.1) is 12.8 Å². The van der Waals surface area contributed by atoms with Crippen molar-refractivity contribution in [3.05, 3.63) is 60.2 Å². The first kappa shape index (κ1) is 21.5. The van der Waals surface area contributed by atoms with Crippen molar-refractivity contribution in [1.82, 2.24) is 9.62 Å². The van der Waals surface area contributed by atoms with Gasteiger partial charge in [-0.1, -0.05) is 35.9 Å². The van der Waals surface area contributed by atoms with Gasteiger partial charge in [0.1, 0.15) is 0 Å². The number of aryl methyl sites for hydroxylation is 1. The van der Waals surface area contributed by atoms with Gasteiger partial charge in [-0.2, -0.15) is 0 Å². The van der Waals surface area contributed by atoms with E-state index >= 15 is 0 Å². The van der Waals surface area contributed by atoms with Crippen LogP contribution < -0.4 is 9.62 Å². The van der Waals surface area contributed by atoms with E-state index in [1.807, 2.05) is 37.3 Å². The van der Waals surface area contributed by atoms with Gasteiger partial charge in [0.05, 0.1) is 10.8 Å². The van der Waals surface area contributed by atoms with E-state index < -0.39 is 10.0 Å². The third-order valence-corrected chi connectivity index (χ3v) is 7.54. The molecule has 7 nitrogen and oxygen atoms in total. The highest BCUT2D eigenvalue weighted by molar-refractivity contribution is 7.89. The number of hydrogen-bond donors (Lipinski definition) is 1. The molecule has 2 heterocycles. The monoisotopic (exact) mass is 441 g/mol. The number of rotatable bonds is 5. The molecule has 4 rings (SSSR count). The molecule has 1 atom stereocenters. The largest absolute Gasteiger partial charge is 0.342 e. The van der Waals surface area contributed by atoms with Crippen molar-refractivity contribution >= 4 is 27.5 Å². The zero-order chi connectivity index (χ0) is 22.0. The molecule has 0 aliphatic carbocycles. The molecular formula is C23H27N3O4S. The molecule has 0 radical (unpaired) electrons. The van der Waals surface area contributed by atoms with E-state index in [2.05, 4.69) is 4.72 Å². The van der Waals surface area contributed by atoms with Crippen LogP contribution in [-0.4, -0.2) is 50.8 Å². The fourth-order valence-electron chi connectivity index (χ4n) is 4.21. The second-order valence-corrected chi connectivity index (χ2v) is 9.99. The highest BCUT2D eigenvalue weighted by Crippen LogP contribution is 2.27. The summed E-state index contributed by atoms with van der Waals surface area (Å²) in [5, 5.41) is 0. The summed E-state index contributed by atoms with van der Waals surface area (Å²) in [6.07, 6.45) is 1.33. The first-order valence-electron chi connectivity index (χ1n) is 10.6. The molecule has 0 unspecified atom stereocenters. The predicted octanol–water partition coefficient (Wildman–Crippen LogP) is 2.32. The maximum absolute atomic E-state index is 13.0. The van der Waals surface area contributed by atoms with Gasteiger partial charge >= 0.3 is 0 Å². The highest BCUT2D eigenvalue weighted by atomic mass is 32.2. The highest BCUT2D eigenvalue weighted by Gasteiger charge is 2.38. The molecule has 2 aliphatic heterocycles. The predicted molar refractivity (Wildman–Crippen MR) is 118 cm³/mol. The molecule has 164 valence electrons. The molecule has 2 aliphatic rings. The molecule has 2 fully saturated rings. The summed E-state index contributed by atoms with van der Waals surface area (Å²) in [5.41, 5.74) is 1.81. The maximum Gasteiger partial charge on any atom is 0.240 e. The first-order chi connectivity index (χ1) is 14.8. The van der Waals surface area contributed by atoms with Crippen molar-refractivity contribution in [3.8, 4) is 0 Å². The second-order valence-electron chi connectivity index (χ2n) is 8.27. The Hall–Kier alpha value is -2.71. The van der Waals surface area contributed by atoms with Gasteiger partial charge in [0.25, 0.3) is 0 Å². The van der Waals surface area contributed by atoms with Crippen LogP contribution in [0.3, 0.4) is 0 Å². The number of hydrogen-bond acceptors (Lipinski definition) is 4. The van der Waals surface area contributed by atoms with Gasteiger partial charge in [0.15, 0.2) is 0 Å². The van der Waals surface area contributed by atoms with Crippen LogP contribution in [0.5, 0.6) is 0 Å². The van der Waals surface area contributed by atoms with Crippen LogP contribution in [-0.2, 0) is 19.6 Å². The molecule has 2 saturated heterocycles. The van der Waals surface area contributed by atoms with E-state index in [4.69, 9.17) is 0 Å². The lowest BCUT2D eigenvalue weighted by molar-refractivity contribution is -0.136. The molecule has 2 amide bonds. The number of carbonyl (C=O) groups is 2. The van der Waals surface area contributed by atoms with Gasteiger partial charge in [0.2, 0.25) is 21.8 Å². The van der Waals surface area contributed by atoms with Crippen molar-refractivity contribution in [2.75, 3.05) is 24.5 Å². The lowest BCUT2D eigenvalue weighted by Crippen LogP contribution is -2.48. The van der Waals surface area contributed by atoms with E-state index in [1.54, 1.807) is 34.1 Å². The molecule has 1 N–H and O–H groups in total. The molecule has 0 aromatic heterocycles. The van der Waals surface area contributed by atoms with Gasteiger partial charge in [-0.3, -0.25) is 9.59 Å². The number of nitrogens with one attached hydrogen (secondary N) is 1. The second kappa shape index (κ2) is 8.80. The van der Waals surface area contributed by atoms with Crippen molar-refractivity contribution in [1.29, 1.82) is 0 Å².